The number of thiophene rings is 1. The van der Waals surface area contributed by atoms with Crippen molar-refractivity contribution in [3.05, 3.63) is 52.7 Å². The largest absolute Gasteiger partial charge is 0.369 e. The monoisotopic (exact) mass is 498 g/mol. The van der Waals surface area contributed by atoms with Crippen LogP contribution in [0.4, 0.5) is 5.82 Å². The highest BCUT2D eigenvalue weighted by molar-refractivity contribution is 7.91. The fourth-order valence-corrected chi connectivity index (χ4v) is 8.09. The van der Waals surface area contributed by atoms with Crippen LogP contribution in [0.3, 0.4) is 0 Å². The highest BCUT2D eigenvalue weighted by Crippen LogP contribution is 2.35. The number of aryl methyl sites for hydroxylation is 1. The third kappa shape index (κ3) is 4.95. The molecule has 1 atom stereocenters. The van der Waals surface area contributed by atoms with E-state index in [1.54, 1.807) is 0 Å². The molecule has 9 heteroatoms. The maximum Gasteiger partial charge on any atom is 0.264 e. The Morgan fingerprint density at radius 2 is 1.88 bits per heavy atom. The number of amides is 1. The Hall–Kier alpha value is -2.52. The van der Waals surface area contributed by atoms with E-state index >= 15 is 0 Å². The topological polar surface area (TPSA) is 92.3 Å². The van der Waals surface area contributed by atoms with E-state index in [9.17, 15) is 13.2 Å². The molecule has 2 fully saturated rings. The van der Waals surface area contributed by atoms with Gasteiger partial charge in [-0.3, -0.25) is 4.79 Å². The minimum atomic E-state index is -2.91. The first-order valence-corrected chi connectivity index (χ1v) is 14.5. The molecular weight excluding hydrogens is 468 g/mol. The van der Waals surface area contributed by atoms with E-state index in [0.717, 1.165) is 53.0 Å². The zero-order valence-corrected chi connectivity index (χ0v) is 21.0. The second kappa shape index (κ2) is 9.62. The lowest BCUT2D eigenvalue weighted by atomic mass is 9.90. The fraction of sp³-hybridized carbons (Fsp3) is 0.480. The van der Waals surface area contributed by atoms with E-state index < -0.39 is 9.84 Å². The number of carbonyl (C=O) groups is 1. The van der Waals surface area contributed by atoms with Gasteiger partial charge in [0.15, 0.2) is 9.84 Å². The van der Waals surface area contributed by atoms with Gasteiger partial charge in [-0.1, -0.05) is 30.3 Å². The Balaban J connectivity index is 1.26. The zero-order chi connectivity index (χ0) is 23.7. The number of piperidine rings is 1. The maximum atomic E-state index is 13.4. The van der Waals surface area contributed by atoms with E-state index in [1.165, 1.54) is 23.2 Å². The van der Waals surface area contributed by atoms with Gasteiger partial charge in [-0.25, -0.2) is 18.4 Å². The number of nitrogens with one attached hydrogen (secondary N) is 1. The molecule has 3 aromatic rings. The Morgan fingerprint density at radius 1 is 1.12 bits per heavy atom. The standard InChI is InChI=1S/C25H30N4O3S2/c1-17-21-23(26-14-20-9-12-34(31,32)15-20)27-16-28-24(21)33-22(17)25(30)29-10-7-19(8-11-29)13-18-5-3-2-4-6-18/h2-6,16,19-20H,7-15H2,1H3,(H,26,27,28)/t20-/m0/s1. The summed E-state index contributed by atoms with van der Waals surface area (Å²) in [5.74, 6) is 1.94. The van der Waals surface area contributed by atoms with Crippen LogP contribution < -0.4 is 5.32 Å². The van der Waals surface area contributed by atoms with Crippen LogP contribution in [0.15, 0.2) is 36.7 Å². The minimum Gasteiger partial charge on any atom is -0.369 e. The Bertz CT molecular complexity index is 1280. The molecule has 2 saturated heterocycles. The predicted molar refractivity (Wildman–Crippen MR) is 136 cm³/mol. The number of nitrogens with zero attached hydrogens (tertiary/aromatic N) is 3. The van der Waals surface area contributed by atoms with Crippen molar-refractivity contribution in [2.45, 2.75) is 32.6 Å². The van der Waals surface area contributed by atoms with E-state index in [-0.39, 0.29) is 23.3 Å². The molecule has 2 aliphatic heterocycles. The number of carbonyl (C=O) groups excluding carboxylic acids is 1. The van der Waals surface area contributed by atoms with Crippen molar-refractivity contribution in [3.8, 4) is 0 Å². The molecule has 0 bridgehead atoms. The molecule has 1 aromatic carbocycles. The summed E-state index contributed by atoms with van der Waals surface area (Å²) < 4.78 is 23.5. The van der Waals surface area contributed by atoms with Crippen molar-refractivity contribution in [2.24, 2.45) is 11.8 Å². The summed E-state index contributed by atoms with van der Waals surface area (Å²) >= 11 is 1.42. The molecule has 2 aromatic heterocycles. The molecule has 180 valence electrons. The predicted octanol–water partition coefficient (Wildman–Crippen LogP) is 3.94. The third-order valence-corrected chi connectivity index (χ3v) is 10.1. The van der Waals surface area contributed by atoms with E-state index in [0.29, 0.717) is 24.7 Å². The summed E-state index contributed by atoms with van der Waals surface area (Å²) in [5.41, 5.74) is 2.26. The van der Waals surface area contributed by atoms with Gasteiger partial charge in [-0.2, -0.15) is 0 Å². The molecule has 5 rings (SSSR count). The van der Waals surface area contributed by atoms with Crippen LogP contribution in [0.25, 0.3) is 10.2 Å². The van der Waals surface area contributed by atoms with Crippen LogP contribution in [0.5, 0.6) is 0 Å². The van der Waals surface area contributed by atoms with E-state index in [2.05, 4.69) is 39.6 Å². The fourth-order valence-electron chi connectivity index (χ4n) is 5.11. The Labute approximate surface area is 204 Å². The van der Waals surface area contributed by atoms with Crippen LogP contribution in [0, 0.1) is 18.8 Å². The van der Waals surface area contributed by atoms with Crippen LogP contribution in [-0.2, 0) is 16.3 Å². The molecule has 0 spiro atoms. The lowest BCUT2D eigenvalue weighted by molar-refractivity contribution is 0.0695. The number of hydrogen-bond donors (Lipinski definition) is 1. The van der Waals surface area contributed by atoms with Crippen molar-refractivity contribution >= 4 is 43.1 Å². The summed E-state index contributed by atoms with van der Waals surface area (Å²) in [7, 11) is -2.91. The van der Waals surface area contributed by atoms with Crippen LogP contribution in [0.1, 0.15) is 40.1 Å². The molecule has 0 unspecified atom stereocenters. The smallest absolute Gasteiger partial charge is 0.264 e. The quantitative estimate of drug-likeness (QED) is 0.553. The van der Waals surface area contributed by atoms with E-state index in [1.807, 2.05) is 17.9 Å². The SMILES string of the molecule is Cc1c(C(=O)N2CCC(Cc3ccccc3)CC2)sc2ncnc(NC[C@@H]3CCS(=O)(=O)C3)c12. The van der Waals surface area contributed by atoms with Crippen LogP contribution >= 0.6 is 11.3 Å². The van der Waals surface area contributed by atoms with Gasteiger partial charge in [0.05, 0.1) is 21.8 Å². The number of anilines is 1. The zero-order valence-electron chi connectivity index (χ0n) is 19.4. The average Bonchev–Trinajstić information content (AvgIpc) is 3.37. The Kier molecular flexibility index (Phi) is 6.57. The molecule has 0 radical (unpaired) electrons. The molecule has 7 nitrogen and oxygen atoms in total. The molecule has 1 amide bonds. The summed E-state index contributed by atoms with van der Waals surface area (Å²) in [6.07, 6.45) is 5.28. The second-order valence-electron chi connectivity index (χ2n) is 9.53. The van der Waals surface area contributed by atoms with Gasteiger partial charge in [0.1, 0.15) is 17.0 Å². The number of rotatable bonds is 6. The van der Waals surface area contributed by atoms with Crippen molar-refractivity contribution in [1.82, 2.24) is 14.9 Å². The summed E-state index contributed by atoms with van der Waals surface area (Å²) in [5, 5.41) is 4.21. The summed E-state index contributed by atoms with van der Waals surface area (Å²) in [6, 6.07) is 10.6. The Morgan fingerprint density at radius 3 is 2.59 bits per heavy atom. The van der Waals surface area contributed by atoms with Crippen molar-refractivity contribution in [3.63, 3.8) is 0 Å². The molecule has 34 heavy (non-hydrogen) atoms. The number of likely N-dealkylation sites (tertiary alicyclic amines) is 1. The van der Waals surface area contributed by atoms with Gasteiger partial charge >= 0.3 is 0 Å². The highest BCUT2D eigenvalue weighted by atomic mass is 32.2. The van der Waals surface area contributed by atoms with Gasteiger partial charge in [0, 0.05) is 19.6 Å². The molecular formula is C25H30N4O3S2. The average molecular weight is 499 g/mol. The van der Waals surface area contributed by atoms with Gasteiger partial charge < -0.3 is 10.2 Å². The molecule has 1 N–H and O–H groups in total. The van der Waals surface area contributed by atoms with Crippen molar-refractivity contribution in [2.75, 3.05) is 36.5 Å². The van der Waals surface area contributed by atoms with Gasteiger partial charge in [0.25, 0.3) is 5.91 Å². The van der Waals surface area contributed by atoms with Crippen LogP contribution in [0.2, 0.25) is 0 Å². The summed E-state index contributed by atoms with van der Waals surface area (Å²) in [4.78, 5) is 25.7. The maximum absolute atomic E-state index is 13.4. The first-order chi connectivity index (χ1) is 16.4. The van der Waals surface area contributed by atoms with Gasteiger partial charge in [-0.05, 0) is 55.6 Å². The van der Waals surface area contributed by atoms with E-state index in [4.69, 9.17) is 0 Å². The number of hydrogen-bond acceptors (Lipinski definition) is 7. The van der Waals surface area contributed by atoms with Gasteiger partial charge in [-0.15, -0.1) is 11.3 Å². The number of sulfone groups is 1. The second-order valence-corrected chi connectivity index (χ2v) is 12.8. The van der Waals surface area contributed by atoms with Crippen LogP contribution in [-0.4, -0.2) is 60.3 Å². The first-order valence-electron chi connectivity index (χ1n) is 11.9. The highest BCUT2D eigenvalue weighted by Gasteiger charge is 2.29. The minimum absolute atomic E-state index is 0.0755. The van der Waals surface area contributed by atoms with Crippen molar-refractivity contribution < 1.29 is 13.2 Å². The number of fused-ring (bicyclic) bond motifs is 1. The number of aromatic nitrogens is 2. The molecule has 0 aliphatic carbocycles. The molecule has 0 saturated carbocycles. The molecule has 2 aliphatic rings. The lowest BCUT2D eigenvalue weighted by Crippen LogP contribution is -2.38. The van der Waals surface area contributed by atoms with Crippen molar-refractivity contribution in [1.29, 1.82) is 0 Å². The third-order valence-electron chi connectivity index (χ3n) is 7.07. The van der Waals surface area contributed by atoms with Gasteiger partial charge in [0.2, 0.25) is 0 Å². The molecule has 4 heterocycles. The first kappa shape index (κ1) is 23.2. The lowest BCUT2D eigenvalue weighted by Gasteiger charge is -2.32. The number of benzene rings is 1. The summed E-state index contributed by atoms with van der Waals surface area (Å²) in [6.45, 7) is 4.07. The normalized spacial score (nSPS) is 20.6.